The minimum absolute atomic E-state index is 0.0207. The SMILES string of the molecule is Cc1cccc(CNC(=O)Cn2c(=O)c(C)cc3ccccc32)c1. The van der Waals surface area contributed by atoms with Crippen molar-refractivity contribution in [3.63, 3.8) is 0 Å². The number of benzene rings is 2. The van der Waals surface area contributed by atoms with E-state index in [4.69, 9.17) is 0 Å². The molecule has 0 atom stereocenters. The molecule has 0 saturated heterocycles. The van der Waals surface area contributed by atoms with Crippen molar-refractivity contribution in [2.75, 3.05) is 0 Å². The van der Waals surface area contributed by atoms with Crippen LogP contribution in [0.4, 0.5) is 0 Å². The Bertz CT molecular complexity index is 957. The van der Waals surface area contributed by atoms with Gasteiger partial charge in [0.1, 0.15) is 6.54 Å². The molecule has 4 nitrogen and oxygen atoms in total. The molecule has 24 heavy (non-hydrogen) atoms. The fourth-order valence-electron chi connectivity index (χ4n) is 2.85. The Balaban J connectivity index is 1.80. The van der Waals surface area contributed by atoms with Gasteiger partial charge in [0.25, 0.3) is 5.56 Å². The first-order valence-electron chi connectivity index (χ1n) is 7.96. The van der Waals surface area contributed by atoms with Crippen LogP contribution >= 0.6 is 0 Å². The van der Waals surface area contributed by atoms with Crippen molar-refractivity contribution in [2.24, 2.45) is 0 Å². The van der Waals surface area contributed by atoms with Gasteiger partial charge in [0, 0.05) is 12.1 Å². The minimum atomic E-state index is -0.172. The molecule has 1 N–H and O–H groups in total. The number of para-hydroxylation sites is 1. The molecular formula is C20H20N2O2. The van der Waals surface area contributed by atoms with Gasteiger partial charge in [0.15, 0.2) is 0 Å². The van der Waals surface area contributed by atoms with Gasteiger partial charge in [-0.25, -0.2) is 0 Å². The lowest BCUT2D eigenvalue weighted by Gasteiger charge is -2.12. The van der Waals surface area contributed by atoms with Gasteiger partial charge in [0.2, 0.25) is 5.91 Å². The molecule has 122 valence electrons. The molecule has 1 heterocycles. The van der Waals surface area contributed by atoms with Crippen LogP contribution < -0.4 is 10.9 Å². The van der Waals surface area contributed by atoms with Gasteiger partial charge in [-0.1, -0.05) is 48.0 Å². The fourth-order valence-corrected chi connectivity index (χ4v) is 2.85. The second-order valence-electron chi connectivity index (χ2n) is 6.04. The van der Waals surface area contributed by atoms with Gasteiger partial charge < -0.3 is 5.32 Å². The van der Waals surface area contributed by atoms with Crippen molar-refractivity contribution in [1.82, 2.24) is 9.88 Å². The molecule has 2 aromatic carbocycles. The van der Waals surface area contributed by atoms with E-state index in [1.165, 1.54) is 4.57 Å². The maximum Gasteiger partial charge on any atom is 0.254 e. The number of aryl methyl sites for hydroxylation is 2. The third-order valence-corrected chi connectivity index (χ3v) is 4.06. The lowest BCUT2D eigenvalue weighted by molar-refractivity contribution is -0.121. The molecule has 0 aliphatic rings. The van der Waals surface area contributed by atoms with Crippen LogP contribution in [0.1, 0.15) is 16.7 Å². The number of carbonyl (C=O) groups is 1. The van der Waals surface area contributed by atoms with Crippen molar-refractivity contribution < 1.29 is 4.79 Å². The maximum atomic E-state index is 12.4. The quantitative estimate of drug-likeness (QED) is 0.803. The Morgan fingerprint density at radius 2 is 1.83 bits per heavy atom. The van der Waals surface area contributed by atoms with Crippen molar-refractivity contribution in [2.45, 2.75) is 26.9 Å². The van der Waals surface area contributed by atoms with E-state index in [0.29, 0.717) is 12.1 Å². The molecule has 0 saturated carbocycles. The summed E-state index contributed by atoms with van der Waals surface area (Å²) in [7, 11) is 0. The van der Waals surface area contributed by atoms with E-state index >= 15 is 0 Å². The predicted molar refractivity (Wildman–Crippen MR) is 96.0 cm³/mol. The molecule has 0 aliphatic heterocycles. The Morgan fingerprint density at radius 3 is 2.62 bits per heavy atom. The van der Waals surface area contributed by atoms with Crippen LogP contribution in [-0.4, -0.2) is 10.5 Å². The Labute approximate surface area is 140 Å². The van der Waals surface area contributed by atoms with E-state index in [1.807, 2.05) is 61.5 Å². The molecule has 3 rings (SSSR count). The summed E-state index contributed by atoms with van der Waals surface area (Å²) in [6.07, 6.45) is 0. The van der Waals surface area contributed by atoms with Gasteiger partial charge >= 0.3 is 0 Å². The summed E-state index contributed by atoms with van der Waals surface area (Å²) in [4.78, 5) is 24.7. The lowest BCUT2D eigenvalue weighted by atomic mass is 10.1. The average molecular weight is 320 g/mol. The second kappa shape index (κ2) is 6.71. The van der Waals surface area contributed by atoms with E-state index in [9.17, 15) is 9.59 Å². The Hall–Kier alpha value is -2.88. The first kappa shape index (κ1) is 16.0. The van der Waals surface area contributed by atoms with Crippen molar-refractivity contribution in [3.05, 3.63) is 81.6 Å². The fraction of sp³-hybridized carbons (Fsp3) is 0.200. The highest BCUT2D eigenvalue weighted by Gasteiger charge is 2.10. The van der Waals surface area contributed by atoms with Gasteiger partial charge in [-0.3, -0.25) is 14.2 Å². The number of aromatic nitrogens is 1. The number of nitrogens with zero attached hydrogens (tertiary/aromatic N) is 1. The van der Waals surface area contributed by atoms with Crippen LogP contribution in [0.25, 0.3) is 10.9 Å². The zero-order valence-corrected chi connectivity index (χ0v) is 13.9. The first-order valence-corrected chi connectivity index (χ1v) is 7.96. The average Bonchev–Trinajstić information content (AvgIpc) is 2.57. The minimum Gasteiger partial charge on any atom is -0.350 e. The van der Waals surface area contributed by atoms with E-state index in [0.717, 1.165) is 22.0 Å². The molecule has 1 amide bonds. The number of hydrogen-bond acceptors (Lipinski definition) is 2. The number of hydrogen-bond donors (Lipinski definition) is 1. The maximum absolute atomic E-state index is 12.4. The number of carbonyl (C=O) groups excluding carboxylic acids is 1. The highest BCUT2D eigenvalue weighted by atomic mass is 16.2. The summed E-state index contributed by atoms with van der Waals surface area (Å²) in [5.74, 6) is -0.172. The number of nitrogens with one attached hydrogen (secondary N) is 1. The van der Waals surface area contributed by atoms with Crippen molar-refractivity contribution >= 4 is 16.8 Å². The zero-order valence-electron chi connectivity index (χ0n) is 13.9. The summed E-state index contributed by atoms with van der Waals surface area (Å²) >= 11 is 0. The molecule has 0 aliphatic carbocycles. The van der Waals surface area contributed by atoms with E-state index in [2.05, 4.69) is 5.32 Å². The van der Waals surface area contributed by atoms with Gasteiger partial charge in [-0.15, -0.1) is 0 Å². The van der Waals surface area contributed by atoms with Crippen LogP contribution in [-0.2, 0) is 17.9 Å². The molecule has 4 heteroatoms. The normalized spacial score (nSPS) is 10.8. The summed E-state index contributed by atoms with van der Waals surface area (Å²) in [5.41, 5.74) is 3.49. The van der Waals surface area contributed by atoms with Gasteiger partial charge in [-0.2, -0.15) is 0 Å². The van der Waals surface area contributed by atoms with Crippen LogP contribution in [0.5, 0.6) is 0 Å². The molecule has 0 unspecified atom stereocenters. The Kier molecular flexibility index (Phi) is 4.47. The van der Waals surface area contributed by atoms with E-state index in [-0.39, 0.29) is 18.0 Å². The Morgan fingerprint density at radius 1 is 1.04 bits per heavy atom. The zero-order chi connectivity index (χ0) is 17.1. The van der Waals surface area contributed by atoms with Crippen molar-refractivity contribution in [1.29, 1.82) is 0 Å². The molecule has 1 aromatic heterocycles. The number of pyridine rings is 1. The number of fused-ring (bicyclic) bond motifs is 1. The summed E-state index contributed by atoms with van der Waals surface area (Å²) in [6.45, 7) is 4.27. The standard InChI is InChI=1S/C20H20N2O2/c1-14-6-5-7-16(10-14)12-21-19(23)13-22-18-9-4-3-8-17(18)11-15(2)20(22)24/h3-11H,12-13H2,1-2H3,(H,21,23). The molecule has 0 radical (unpaired) electrons. The first-order chi connectivity index (χ1) is 11.5. The van der Waals surface area contributed by atoms with Crippen LogP contribution in [0.2, 0.25) is 0 Å². The lowest BCUT2D eigenvalue weighted by Crippen LogP contribution is -2.33. The molecule has 0 bridgehead atoms. The smallest absolute Gasteiger partial charge is 0.254 e. The molecule has 0 fully saturated rings. The van der Waals surface area contributed by atoms with E-state index in [1.54, 1.807) is 6.92 Å². The monoisotopic (exact) mass is 320 g/mol. The molecular weight excluding hydrogens is 300 g/mol. The summed E-state index contributed by atoms with van der Waals surface area (Å²) in [5, 5.41) is 3.85. The van der Waals surface area contributed by atoms with Crippen LogP contribution in [0.3, 0.4) is 0 Å². The third kappa shape index (κ3) is 3.38. The predicted octanol–water partition coefficient (Wildman–Crippen LogP) is 2.93. The highest BCUT2D eigenvalue weighted by molar-refractivity contribution is 5.82. The van der Waals surface area contributed by atoms with Crippen LogP contribution in [0.15, 0.2) is 59.4 Å². The van der Waals surface area contributed by atoms with Crippen molar-refractivity contribution in [3.8, 4) is 0 Å². The van der Waals surface area contributed by atoms with Crippen LogP contribution in [0, 0.1) is 13.8 Å². The summed E-state index contributed by atoms with van der Waals surface area (Å²) in [6, 6.07) is 17.5. The van der Waals surface area contributed by atoms with Gasteiger partial charge in [0.05, 0.1) is 5.52 Å². The van der Waals surface area contributed by atoms with Gasteiger partial charge in [-0.05, 0) is 36.9 Å². The second-order valence-corrected chi connectivity index (χ2v) is 6.04. The highest BCUT2D eigenvalue weighted by Crippen LogP contribution is 2.13. The number of rotatable bonds is 4. The number of amides is 1. The molecule has 0 spiro atoms. The largest absolute Gasteiger partial charge is 0.350 e. The van der Waals surface area contributed by atoms with E-state index < -0.39 is 0 Å². The topological polar surface area (TPSA) is 51.1 Å². The third-order valence-electron chi connectivity index (χ3n) is 4.06. The summed E-state index contributed by atoms with van der Waals surface area (Å²) < 4.78 is 1.54. The molecule has 3 aromatic rings.